The number of aliphatic imine (C=N–C) groups is 1. The maximum Gasteiger partial charge on any atom is 0.193 e. The topological polar surface area (TPSA) is 63.9 Å². The van der Waals surface area contributed by atoms with Gasteiger partial charge in [0.1, 0.15) is 11.5 Å². The largest absolute Gasteiger partial charge is 0.497 e. The van der Waals surface area contributed by atoms with Gasteiger partial charge in [0.15, 0.2) is 5.96 Å². The minimum atomic E-state index is 0.499. The SMILES string of the molecule is CN=C(NCc1ccn(-c2ccc(OC)cc2)n1)N1CCC(c2ccc(OC)cc2)C1. The molecule has 0 bridgehead atoms. The molecule has 2 aromatic carbocycles. The molecule has 1 aliphatic rings. The van der Waals surface area contributed by atoms with Crippen molar-refractivity contribution in [3.8, 4) is 17.2 Å². The Morgan fingerprint density at radius 1 is 1.03 bits per heavy atom. The predicted molar refractivity (Wildman–Crippen MR) is 122 cm³/mol. The van der Waals surface area contributed by atoms with Crippen LogP contribution in [0.15, 0.2) is 65.8 Å². The van der Waals surface area contributed by atoms with E-state index in [-0.39, 0.29) is 0 Å². The van der Waals surface area contributed by atoms with Crippen LogP contribution in [-0.2, 0) is 6.54 Å². The van der Waals surface area contributed by atoms with E-state index in [1.165, 1.54) is 5.56 Å². The number of aromatic nitrogens is 2. The lowest BCUT2D eigenvalue weighted by atomic mass is 9.98. The van der Waals surface area contributed by atoms with Crippen molar-refractivity contribution in [2.45, 2.75) is 18.9 Å². The van der Waals surface area contributed by atoms with Gasteiger partial charge in [-0.05, 0) is 54.4 Å². The molecule has 7 nitrogen and oxygen atoms in total. The molecule has 1 unspecified atom stereocenters. The third-order valence-corrected chi connectivity index (χ3v) is 5.70. The second-order valence-electron chi connectivity index (χ2n) is 7.56. The lowest BCUT2D eigenvalue weighted by Gasteiger charge is -2.21. The first-order valence-corrected chi connectivity index (χ1v) is 10.5. The van der Waals surface area contributed by atoms with Crippen molar-refractivity contribution < 1.29 is 9.47 Å². The van der Waals surface area contributed by atoms with Crippen molar-refractivity contribution in [3.63, 3.8) is 0 Å². The molecule has 31 heavy (non-hydrogen) atoms. The van der Waals surface area contributed by atoms with Gasteiger partial charge < -0.3 is 19.7 Å². The fourth-order valence-corrected chi connectivity index (χ4v) is 3.94. The Balaban J connectivity index is 1.34. The summed E-state index contributed by atoms with van der Waals surface area (Å²) in [5, 5.41) is 8.14. The second-order valence-corrected chi connectivity index (χ2v) is 7.56. The number of ether oxygens (including phenoxy) is 2. The second kappa shape index (κ2) is 9.55. The maximum atomic E-state index is 5.27. The third-order valence-electron chi connectivity index (χ3n) is 5.70. The number of guanidine groups is 1. The van der Waals surface area contributed by atoms with Crippen molar-refractivity contribution in [2.75, 3.05) is 34.4 Å². The normalized spacial score (nSPS) is 16.4. The van der Waals surface area contributed by atoms with Crippen LogP contribution in [0.25, 0.3) is 5.69 Å². The molecule has 1 N–H and O–H groups in total. The molecule has 1 saturated heterocycles. The van der Waals surface area contributed by atoms with Crippen molar-refractivity contribution in [1.82, 2.24) is 20.0 Å². The Hall–Kier alpha value is -3.48. The van der Waals surface area contributed by atoms with E-state index in [9.17, 15) is 0 Å². The van der Waals surface area contributed by atoms with Crippen molar-refractivity contribution in [3.05, 3.63) is 72.1 Å². The summed E-state index contributed by atoms with van der Waals surface area (Å²) in [6.07, 6.45) is 3.08. The Morgan fingerprint density at radius 3 is 2.35 bits per heavy atom. The summed E-state index contributed by atoms with van der Waals surface area (Å²) in [4.78, 5) is 6.80. The van der Waals surface area contributed by atoms with Crippen LogP contribution in [0.3, 0.4) is 0 Å². The molecular formula is C24H29N5O2. The minimum absolute atomic E-state index is 0.499. The molecule has 0 spiro atoms. The summed E-state index contributed by atoms with van der Waals surface area (Å²) < 4.78 is 12.4. The highest BCUT2D eigenvalue weighted by Gasteiger charge is 2.26. The molecule has 4 rings (SSSR count). The van der Waals surface area contributed by atoms with Gasteiger partial charge in [0.05, 0.1) is 32.1 Å². The smallest absolute Gasteiger partial charge is 0.193 e. The number of rotatable bonds is 6. The molecule has 3 aromatic rings. The van der Waals surface area contributed by atoms with Crippen LogP contribution in [0.4, 0.5) is 0 Å². The van der Waals surface area contributed by atoms with Crippen molar-refractivity contribution in [1.29, 1.82) is 0 Å². The van der Waals surface area contributed by atoms with E-state index in [0.29, 0.717) is 12.5 Å². The highest BCUT2D eigenvalue weighted by Crippen LogP contribution is 2.28. The fraction of sp³-hybridized carbons (Fsp3) is 0.333. The van der Waals surface area contributed by atoms with Gasteiger partial charge in [0.2, 0.25) is 0 Å². The summed E-state index contributed by atoms with van der Waals surface area (Å²) in [6, 6.07) is 18.3. The Morgan fingerprint density at radius 2 is 1.71 bits per heavy atom. The first-order valence-electron chi connectivity index (χ1n) is 10.5. The molecule has 7 heteroatoms. The molecule has 1 aliphatic heterocycles. The maximum absolute atomic E-state index is 5.27. The van der Waals surface area contributed by atoms with Gasteiger partial charge >= 0.3 is 0 Å². The quantitative estimate of drug-likeness (QED) is 0.490. The van der Waals surface area contributed by atoms with E-state index < -0.39 is 0 Å². The van der Waals surface area contributed by atoms with Crippen LogP contribution in [0, 0.1) is 0 Å². The highest BCUT2D eigenvalue weighted by molar-refractivity contribution is 5.80. The molecule has 0 radical (unpaired) electrons. The van der Waals surface area contributed by atoms with Gasteiger partial charge in [-0.15, -0.1) is 0 Å². The zero-order chi connectivity index (χ0) is 21.6. The van der Waals surface area contributed by atoms with Crippen LogP contribution >= 0.6 is 0 Å². The van der Waals surface area contributed by atoms with Crippen LogP contribution < -0.4 is 14.8 Å². The Bertz CT molecular complexity index is 1010. The lowest BCUT2D eigenvalue weighted by Crippen LogP contribution is -2.39. The van der Waals surface area contributed by atoms with Crippen LogP contribution in [0.2, 0.25) is 0 Å². The van der Waals surface area contributed by atoms with Crippen LogP contribution in [0.1, 0.15) is 23.6 Å². The number of nitrogens with zero attached hydrogens (tertiary/aromatic N) is 4. The summed E-state index contributed by atoms with van der Waals surface area (Å²) in [5.41, 5.74) is 3.30. The van der Waals surface area contributed by atoms with Gasteiger partial charge in [-0.25, -0.2) is 4.68 Å². The van der Waals surface area contributed by atoms with E-state index in [0.717, 1.165) is 48.4 Å². The molecule has 0 aliphatic carbocycles. The van der Waals surface area contributed by atoms with E-state index in [4.69, 9.17) is 9.47 Å². The first kappa shape index (κ1) is 20.8. The van der Waals surface area contributed by atoms with Crippen LogP contribution in [0.5, 0.6) is 11.5 Å². The van der Waals surface area contributed by atoms with E-state index in [1.807, 2.05) is 60.4 Å². The monoisotopic (exact) mass is 419 g/mol. The van der Waals surface area contributed by atoms with E-state index in [2.05, 4.69) is 32.4 Å². The predicted octanol–water partition coefficient (Wildman–Crippen LogP) is 3.45. The summed E-state index contributed by atoms with van der Waals surface area (Å²) >= 11 is 0. The molecule has 162 valence electrons. The number of hydrogen-bond acceptors (Lipinski definition) is 4. The van der Waals surface area contributed by atoms with Crippen LogP contribution in [-0.4, -0.2) is 55.0 Å². The molecular weight excluding hydrogens is 390 g/mol. The van der Waals surface area contributed by atoms with Gasteiger partial charge in [-0.3, -0.25) is 4.99 Å². The highest BCUT2D eigenvalue weighted by atomic mass is 16.5. The van der Waals surface area contributed by atoms with Gasteiger partial charge in [-0.1, -0.05) is 12.1 Å². The standard InChI is InChI=1S/C24H29N5O2/c1-25-24(28-14-12-19(17-28)18-4-8-22(30-2)9-5-18)26-16-20-13-15-29(27-20)21-6-10-23(31-3)11-7-21/h4-11,13,15,19H,12,14,16-17H2,1-3H3,(H,25,26). The minimum Gasteiger partial charge on any atom is -0.497 e. The summed E-state index contributed by atoms with van der Waals surface area (Å²) in [5.74, 6) is 3.14. The van der Waals surface area contributed by atoms with Crippen molar-refractivity contribution >= 4 is 5.96 Å². The number of nitrogens with one attached hydrogen (secondary N) is 1. The van der Waals surface area contributed by atoms with Gasteiger partial charge in [0.25, 0.3) is 0 Å². The van der Waals surface area contributed by atoms with E-state index in [1.54, 1.807) is 14.2 Å². The fourth-order valence-electron chi connectivity index (χ4n) is 3.94. The zero-order valence-electron chi connectivity index (χ0n) is 18.3. The summed E-state index contributed by atoms with van der Waals surface area (Å²) in [7, 11) is 5.19. The lowest BCUT2D eigenvalue weighted by molar-refractivity contribution is 0.414. The van der Waals surface area contributed by atoms with Gasteiger partial charge in [-0.2, -0.15) is 5.10 Å². The van der Waals surface area contributed by atoms with E-state index >= 15 is 0 Å². The van der Waals surface area contributed by atoms with Gasteiger partial charge in [0, 0.05) is 32.3 Å². The zero-order valence-corrected chi connectivity index (χ0v) is 18.3. The van der Waals surface area contributed by atoms with Crippen molar-refractivity contribution in [2.24, 2.45) is 4.99 Å². The Kier molecular flexibility index (Phi) is 6.40. The first-order chi connectivity index (χ1) is 15.2. The molecule has 1 aromatic heterocycles. The molecule has 1 atom stereocenters. The number of hydrogen-bond donors (Lipinski definition) is 1. The third kappa shape index (κ3) is 4.82. The average Bonchev–Trinajstić information content (AvgIpc) is 3.50. The molecule has 0 amide bonds. The molecule has 0 saturated carbocycles. The molecule has 2 heterocycles. The summed E-state index contributed by atoms with van der Waals surface area (Å²) in [6.45, 7) is 2.56. The molecule has 1 fully saturated rings. The number of methoxy groups -OCH3 is 2. The average molecular weight is 420 g/mol. The number of likely N-dealkylation sites (tertiary alicyclic amines) is 1. The number of benzene rings is 2. The Labute approximate surface area is 183 Å².